The fourth-order valence-corrected chi connectivity index (χ4v) is 2.10. The molecule has 0 aliphatic heterocycles. The van der Waals surface area contributed by atoms with Gasteiger partial charge in [-0.2, -0.15) is 10.1 Å². The van der Waals surface area contributed by atoms with Crippen molar-refractivity contribution >= 4 is 23.5 Å². The van der Waals surface area contributed by atoms with Crippen LogP contribution in [-0.2, 0) is 4.79 Å². The topological polar surface area (TPSA) is 70.7 Å². The van der Waals surface area contributed by atoms with Gasteiger partial charge in [-0.3, -0.25) is 10.1 Å². The number of anilines is 1. The van der Waals surface area contributed by atoms with E-state index in [1.165, 1.54) is 6.33 Å². The Morgan fingerprint density at radius 2 is 2.00 bits per heavy atom. The maximum Gasteiger partial charge on any atom is 0.234 e. The highest BCUT2D eigenvalue weighted by Crippen LogP contribution is 2.26. The predicted molar refractivity (Wildman–Crippen MR) is 74.0 cm³/mol. The normalized spacial score (nSPS) is 12.4. The summed E-state index contributed by atoms with van der Waals surface area (Å²) in [5, 5.41) is 9.67. The van der Waals surface area contributed by atoms with Gasteiger partial charge >= 0.3 is 0 Å². The molecule has 0 unspecified atom stereocenters. The third-order valence-electron chi connectivity index (χ3n) is 2.83. The number of hydrogen-bond acceptors (Lipinski definition) is 3. The predicted octanol–water partition coefficient (Wildman–Crippen LogP) is 2.84. The van der Waals surface area contributed by atoms with E-state index in [0.29, 0.717) is 11.0 Å². The molecule has 19 heavy (non-hydrogen) atoms. The Balaban J connectivity index is 2.20. The highest BCUT2D eigenvalue weighted by Gasteiger charge is 2.24. The molecule has 1 amide bonds. The largest absolute Gasteiger partial charge is 0.294 e. The van der Waals surface area contributed by atoms with Gasteiger partial charge in [-0.1, -0.05) is 37.6 Å². The lowest BCUT2D eigenvalue weighted by atomic mass is 9.88. The van der Waals surface area contributed by atoms with Gasteiger partial charge in [0.25, 0.3) is 0 Å². The van der Waals surface area contributed by atoms with E-state index in [4.69, 9.17) is 11.6 Å². The van der Waals surface area contributed by atoms with Gasteiger partial charge in [0.15, 0.2) is 0 Å². The molecule has 0 radical (unpaired) electrons. The summed E-state index contributed by atoms with van der Waals surface area (Å²) in [7, 11) is 0. The van der Waals surface area contributed by atoms with Gasteiger partial charge in [0.05, 0.1) is 5.92 Å². The van der Waals surface area contributed by atoms with Crippen LogP contribution in [-0.4, -0.2) is 21.1 Å². The minimum absolute atomic E-state index is 0.117. The van der Waals surface area contributed by atoms with Crippen molar-refractivity contribution in [3.63, 3.8) is 0 Å². The van der Waals surface area contributed by atoms with Crippen molar-refractivity contribution in [2.75, 3.05) is 5.32 Å². The van der Waals surface area contributed by atoms with Crippen LogP contribution in [0, 0.1) is 5.92 Å². The summed E-state index contributed by atoms with van der Waals surface area (Å²) in [4.78, 5) is 16.2. The number of amides is 1. The number of carbonyl (C=O) groups is 1. The number of aromatic amines is 1. The minimum Gasteiger partial charge on any atom is -0.294 e. The van der Waals surface area contributed by atoms with Crippen LogP contribution < -0.4 is 5.32 Å². The third kappa shape index (κ3) is 3.32. The summed E-state index contributed by atoms with van der Waals surface area (Å²) in [5.41, 5.74) is 0.927. The molecule has 0 aliphatic rings. The number of rotatable bonds is 4. The first-order valence-corrected chi connectivity index (χ1v) is 6.37. The first-order chi connectivity index (χ1) is 9.08. The third-order valence-corrected chi connectivity index (χ3v) is 3.09. The first-order valence-electron chi connectivity index (χ1n) is 5.99. The maximum atomic E-state index is 12.3. The van der Waals surface area contributed by atoms with E-state index >= 15 is 0 Å². The molecule has 0 bridgehead atoms. The number of carbonyl (C=O) groups excluding carboxylic acids is 1. The second-order valence-corrected chi connectivity index (χ2v) is 5.03. The van der Waals surface area contributed by atoms with Crippen LogP contribution in [0.5, 0.6) is 0 Å². The average Bonchev–Trinajstić information content (AvgIpc) is 2.84. The number of halogens is 1. The molecule has 0 saturated heterocycles. The monoisotopic (exact) mass is 278 g/mol. The highest BCUT2D eigenvalue weighted by molar-refractivity contribution is 6.30. The molecular weight excluding hydrogens is 264 g/mol. The summed E-state index contributed by atoms with van der Waals surface area (Å²) in [6.45, 7) is 4.00. The zero-order valence-electron chi connectivity index (χ0n) is 10.7. The Kier molecular flexibility index (Phi) is 4.16. The lowest BCUT2D eigenvalue weighted by Crippen LogP contribution is -2.25. The molecule has 0 aliphatic carbocycles. The van der Waals surface area contributed by atoms with E-state index in [-0.39, 0.29) is 17.7 Å². The van der Waals surface area contributed by atoms with Gasteiger partial charge in [-0.25, -0.2) is 5.10 Å². The molecule has 0 fully saturated rings. The number of nitrogens with zero attached hydrogens (tertiary/aromatic N) is 2. The van der Waals surface area contributed by atoms with Crippen LogP contribution in [0.25, 0.3) is 0 Å². The zero-order valence-corrected chi connectivity index (χ0v) is 11.5. The second kappa shape index (κ2) is 5.84. The molecule has 5 nitrogen and oxygen atoms in total. The van der Waals surface area contributed by atoms with Crippen molar-refractivity contribution in [2.24, 2.45) is 5.92 Å². The van der Waals surface area contributed by atoms with E-state index < -0.39 is 0 Å². The van der Waals surface area contributed by atoms with Crippen molar-refractivity contribution < 1.29 is 4.79 Å². The van der Waals surface area contributed by atoms with E-state index in [9.17, 15) is 4.79 Å². The molecule has 1 heterocycles. The Bertz CT molecular complexity index is 536. The Labute approximate surface area is 116 Å². The average molecular weight is 279 g/mol. The van der Waals surface area contributed by atoms with Gasteiger partial charge in [0.1, 0.15) is 6.33 Å². The molecule has 6 heteroatoms. The first kappa shape index (κ1) is 13.5. The van der Waals surface area contributed by atoms with E-state index in [0.717, 1.165) is 5.56 Å². The number of hydrogen-bond donors (Lipinski definition) is 2. The smallest absolute Gasteiger partial charge is 0.234 e. The van der Waals surface area contributed by atoms with Crippen LogP contribution in [0.3, 0.4) is 0 Å². The summed E-state index contributed by atoms with van der Waals surface area (Å²) < 4.78 is 0. The van der Waals surface area contributed by atoms with Gasteiger partial charge in [-0.15, -0.1) is 0 Å². The number of nitrogens with one attached hydrogen (secondary N) is 2. The van der Waals surface area contributed by atoms with Gasteiger partial charge in [0, 0.05) is 5.02 Å². The summed E-state index contributed by atoms with van der Waals surface area (Å²) in [6, 6.07) is 7.31. The lowest BCUT2D eigenvalue weighted by molar-refractivity contribution is -0.118. The molecule has 2 aromatic rings. The quantitative estimate of drug-likeness (QED) is 0.903. The second-order valence-electron chi connectivity index (χ2n) is 4.60. The number of H-pyrrole nitrogens is 1. The molecule has 1 aromatic heterocycles. The van der Waals surface area contributed by atoms with Gasteiger partial charge < -0.3 is 0 Å². The van der Waals surface area contributed by atoms with Crippen LogP contribution in [0.15, 0.2) is 30.6 Å². The van der Waals surface area contributed by atoms with Crippen molar-refractivity contribution in [2.45, 2.75) is 19.8 Å². The molecule has 0 spiro atoms. The van der Waals surface area contributed by atoms with Crippen LogP contribution in [0.2, 0.25) is 5.02 Å². The van der Waals surface area contributed by atoms with E-state index in [1.54, 1.807) is 12.1 Å². The molecule has 2 N–H and O–H groups in total. The summed E-state index contributed by atoms with van der Waals surface area (Å²) in [6.07, 6.45) is 1.35. The van der Waals surface area contributed by atoms with Crippen molar-refractivity contribution in [1.29, 1.82) is 0 Å². The fraction of sp³-hybridized carbons (Fsp3) is 0.308. The van der Waals surface area contributed by atoms with Crippen molar-refractivity contribution in [3.8, 4) is 0 Å². The molecule has 0 saturated carbocycles. The Morgan fingerprint density at radius 3 is 2.53 bits per heavy atom. The summed E-state index contributed by atoms with van der Waals surface area (Å²) in [5.74, 6) is 0.130. The van der Waals surface area contributed by atoms with Crippen molar-refractivity contribution in [3.05, 3.63) is 41.2 Å². The van der Waals surface area contributed by atoms with Crippen LogP contribution in [0.1, 0.15) is 25.3 Å². The lowest BCUT2D eigenvalue weighted by Gasteiger charge is -2.20. The highest BCUT2D eigenvalue weighted by atomic mass is 35.5. The minimum atomic E-state index is -0.262. The molecule has 2 rings (SSSR count). The van der Waals surface area contributed by atoms with Crippen LogP contribution in [0.4, 0.5) is 5.95 Å². The van der Waals surface area contributed by atoms with E-state index in [2.05, 4.69) is 20.5 Å². The Morgan fingerprint density at radius 1 is 1.32 bits per heavy atom. The Hall–Kier alpha value is -1.88. The maximum absolute atomic E-state index is 12.3. The van der Waals surface area contributed by atoms with Crippen LogP contribution >= 0.6 is 11.6 Å². The molecule has 100 valence electrons. The van der Waals surface area contributed by atoms with E-state index in [1.807, 2.05) is 26.0 Å². The molecule has 1 atom stereocenters. The summed E-state index contributed by atoms with van der Waals surface area (Å²) >= 11 is 5.87. The van der Waals surface area contributed by atoms with Crippen molar-refractivity contribution in [1.82, 2.24) is 15.2 Å². The number of benzene rings is 1. The standard InChI is InChI=1S/C13H15ClN4O/c1-8(2)11(9-3-5-10(14)6-4-9)12(19)17-13-15-7-16-18-13/h3-8,11H,1-2H3,(H2,15,16,17,18,19)/t11-/m0/s1. The molecular formula is C13H15ClN4O. The number of aromatic nitrogens is 3. The fourth-order valence-electron chi connectivity index (χ4n) is 1.97. The SMILES string of the molecule is CC(C)[C@H](C(=O)Nc1ncn[nH]1)c1ccc(Cl)cc1. The van der Waals surface area contributed by atoms with Gasteiger partial charge in [0.2, 0.25) is 11.9 Å². The van der Waals surface area contributed by atoms with Gasteiger partial charge in [-0.05, 0) is 23.6 Å². The zero-order chi connectivity index (χ0) is 13.8. The molecule has 1 aromatic carbocycles.